The fourth-order valence-electron chi connectivity index (χ4n) is 1.68. The normalized spacial score (nSPS) is 11.9. The van der Waals surface area contributed by atoms with Crippen LogP contribution in [-0.4, -0.2) is 23.1 Å². The fourth-order valence-corrected chi connectivity index (χ4v) is 1.68. The molecule has 6 heteroatoms. The van der Waals surface area contributed by atoms with E-state index in [1.54, 1.807) is 13.0 Å². The zero-order chi connectivity index (χ0) is 13.7. The van der Waals surface area contributed by atoms with E-state index in [4.69, 9.17) is 9.84 Å². The van der Waals surface area contributed by atoms with E-state index >= 15 is 0 Å². The van der Waals surface area contributed by atoms with Crippen molar-refractivity contribution in [2.24, 2.45) is 5.92 Å². The summed E-state index contributed by atoms with van der Waals surface area (Å²) in [5.41, 5.74) is 0.500. The van der Waals surface area contributed by atoms with Gasteiger partial charge in [0.25, 0.3) is 5.69 Å². The van der Waals surface area contributed by atoms with Gasteiger partial charge in [-0.15, -0.1) is 0 Å². The maximum absolute atomic E-state index is 10.9. The molecule has 1 aromatic carbocycles. The molecule has 0 saturated heterocycles. The first kappa shape index (κ1) is 14.0. The Morgan fingerprint density at radius 3 is 2.61 bits per heavy atom. The van der Waals surface area contributed by atoms with E-state index in [1.165, 1.54) is 19.2 Å². The SMILES string of the molecule is CCC(Cc1cc(OC)cc([N+](=O)[O-])c1)C(=O)O. The second-order valence-corrected chi connectivity index (χ2v) is 3.94. The molecular formula is C12H15NO5. The second kappa shape index (κ2) is 6.00. The van der Waals surface area contributed by atoms with Gasteiger partial charge in [0.05, 0.1) is 24.0 Å². The lowest BCUT2D eigenvalue weighted by molar-refractivity contribution is -0.385. The summed E-state index contributed by atoms with van der Waals surface area (Å²) in [5, 5.41) is 19.7. The van der Waals surface area contributed by atoms with Crippen molar-refractivity contribution in [2.75, 3.05) is 7.11 Å². The van der Waals surface area contributed by atoms with Crippen LogP contribution in [0.5, 0.6) is 5.75 Å². The van der Waals surface area contributed by atoms with Gasteiger partial charge >= 0.3 is 5.97 Å². The van der Waals surface area contributed by atoms with Gasteiger partial charge < -0.3 is 9.84 Å². The van der Waals surface area contributed by atoms with Crippen LogP contribution in [0, 0.1) is 16.0 Å². The third-order valence-electron chi connectivity index (χ3n) is 2.72. The van der Waals surface area contributed by atoms with E-state index in [0.717, 1.165) is 0 Å². The summed E-state index contributed by atoms with van der Waals surface area (Å²) in [6, 6.07) is 4.32. The molecule has 0 aliphatic rings. The lowest BCUT2D eigenvalue weighted by Gasteiger charge is -2.10. The monoisotopic (exact) mass is 253 g/mol. The molecule has 0 radical (unpaired) electrons. The fraction of sp³-hybridized carbons (Fsp3) is 0.417. The summed E-state index contributed by atoms with van der Waals surface area (Å²) in [6.45, 7) is 1.77. The zero-order valence-electron chi connectivity index (χ0n) is 10.3. The Hall–Kier alpha value is -2.11. The first-order valence-corrected chi connectivity index (χ1v) is 5.53. The maximum atomic E-state index is 10.9. The van der Waals surface area contributed by atoms with Crippen molar-refractivity contribution in [3.05, 3.63) is 33.9 Å². The molecule has 1 rings (SSSR count). The predicted molar refractivity (Wildman–Crippen MR) is 64.8 cm³/mol. The van der Waals surface area contributed by atoms with E-state index in [-0.39, 0.29) is 12.1 Å². The highest BCUT2D eigenvalue weighted by molar-refractivity contribution is 5.70. The average molecular weight is 253 g/mol. The number of methoxy groups -OCH3 is 1. The summed E-state index contributed by atoms with van der Waals surface area (Å²) >= 11 is 0. The van der Waals surface area contributed by atoms with Crippen LogP contribution in [0.2, 0.25) is 0 Å². The summed E-state index contributed by atoms with van der Waals surface area (Å²) in [5.74, 6) is -1.08. The molecule has 1 unspecified atom stereocenters. The van der Waals surface area contributed by atoms with Crippen molar-refractivity contribution >= 4 is 11.7 Å². The van der Waals surface area contributed by atoms with Crippen LogP contribution in [-0.2, 0) is 11.2 Å². The van der Waals surface area contributed by atoms with Crippen LogP contribution < -0.4 is 4.74 Å². The van der Waals surface area contributed by atoms with Crippen LogP contribution in [0.25, 0.3) is 0 Å². The zero-order valence-corrected chi connectivity index (χ0v) is 10.3. The number of aliphatic carboxylic acids is 1. The lowest BCUT2D eigenvalue weighted by Crippen LogP contribution is -2.15. The van der Waals surface area contributed by atoms with Gasteiger partial charge in [0, 0.05) is 6.07 Å². The van der Waals surface area contributed by atoms with Crippen LogP contribution in [0.4, 0.5) is 5.69 Å². The first-order valence-electron chi connectivity index (χ1n) is 5.53. The third-order valence-corrected chi connectivity index (χ3v) is 2.72. The average Bonchev–Trinajstić information content (AvgIpc) is 2.34. The van der Waals surface area contributed by atoms with Gasteiger partial charge in [0.1, 0.15) is 5.75 Å². The van der Waals surface area contributed by atoms with Gasteiger partial charge in [-0.3, -0.25) is 14.9 Å². The summed E-state index contributed by atoms with van der Waals surface area (Å²) < 4.78 is 4.97. The molecule has 0 heterocycles. The van der Waals surface area contributed by atoms with Gasteiger partial charge in [0.2, 0.25) is 0 Å². The van der Waals surface area contributed by atoms with Crippen LogP contribution in [0.1, 0.15) is 18.9 Å². The Morgan fingerprint density at radius 2 is 2.17 bits per heavy atom. The van der Waals surface area contributed by atoms with Gasteiger partial charge in [-0.2, -0.15) is 0 Å². The minimum Gasteiger partial charge on any atom is -0.496 e. The van der Waals surface area contributed by atoms with Gasteiger partial charge in [-0.1, -0.05) is 6.92 Å². The summed E-state index contributed by atoms with van der Waals surface area (Å²) in [6.07, 6.45) is 0.726. The van der Waals surface area contributed by atoms with E-state index in [2.05, 4.69) is 0 Å². The minimum absolute atomic E-state index is 0.0930. The number of ether oxygens (including phenoxy) is 1. The number of non-ortho nitro benzene ring substituents is 1. The van der Waals surface area contributed by atoms with Gasteiger partial charge in [-0.05, 0) is 24.5 Å². The molecule has 18 heavy (non-hydrogen) atoms. The van der Waals surface area contributed by atoms with Crippen LogP contribution in [0.15, 0.2) is 18.2 Å². The molecule has 0 bridgehead atoms. The number of benzene rings is 1. The largest absolute Gasteiger partial charge is 0.496 e. The van der Waals surface area contributed by atoms with E-state index in [1.807, 2.05) is 0 Å². The Morgan fingerprint density at radius 1 is 1.50 bits per heavy atom. The Bertz CT molecular complexity index is 458. The second-order valence-electron chi connectivity index (χ2n) is 3.94. The molecule has 1 atom stereocenters. The number of nitrogens with zero attached hydrogens (tertiary/aromatic N) is 1. The number of carboxylic acid groups (broad SMARTS) is 1. The summed E-state index contributed by atoms with van der Waals surface area (Å²) in [4.78, 5) is 21.2. The highest BCUT2D eigenvalue weighted by atomic mass is 16.6. The highest BCUT2D eigenvalue weighted by Crippen LogP contribution is 2.25. The molecule has 0 amide bonds. The van der Waals surface area contributed by atoms with E-state index in [9.17, 15) is 14.9 Å². The Labute approximate surface area is 104 Å². The summed E-state index contributed by atoms with van der Waals surface area (Å²) in [7, 11) is 1.41. The van der Waals surface area contributed by atoms with Crippen molar-refractivity contribution < 1.29 is 19.6 Å². The van der Waals surface area contributed by atoms with Crippen LogP contribution >= 0.6 is 0 Å². The number of nitro benzene ring substituents is 1. The number of carboxylic acids is 1. The highest BCUT2D eigenvalue weighted by Gasteiger charge is 2.18. The maximum Gasteiger partial charge on any atom is 0.306 e. The topological polar surface area (TPSA) is 89.7 Å². The van der Waals surface area contributed by atoms with Crippen LogP contribution in [0.3, 0.4) is 0 Å². The molecular weight excluding hydrogens is 238 g/mol. The van der Waals surface area contributed by atoms with Crippen molar-refractivity contribution in [2.45, 2.75) is 19.8 Å². The molecule has 0 spiro atoms. The molecule has 0 aromatic heterocycles. The molecule has 0 saturated carbocycles. The molecule has 0 aliphatic carbocycles. The predicted octanol–water partition coefficient (Wildman–Crippen LogP) is 2.26. The van der Waals surface area contributed by atoms with Crippen molar-refractivity contribution in [1.82, 2.24) is 0 Å². The molecule has 0 aliphatic heterocycles. The van der Waals surface area contributed by atoms with E-state index < -0.39 is 16.8 Å². The number of carbonyl (C=O) groups is 1. The Balaban J connectivity index is 3.04. The van der Waals surface area contributed by atoms with Crippen molar-refractivity contribution in [1.29, 1.82) is 0 Å². The van der Waals surface area contributed by atoms with Gasteiger partial charge in [-0.25, -0.2) is 0 Å². The van der Waals surface area contributed by atoms with Crippen molar-refractivity contribution in [3.8, 4) is 5.75 Å². The number of hydrogen-bond donors (Lipinski definition) is 1. The lowest BCUT2D eigenvalue weighted by atomic mass is 9.96. The molecule has 6 nitrogen and oxygen atoms in total. The minimum atomic E-state index is -0.900. The van der Waals surface area contributed by atoms with E-state index in [0.29, 0.717) is 17.7 Å². The Kier molecular flexibility index (Phi) is 4.65. The third kappa shape index (κ3) is 3.44. The molecule has 98 valence electrons. The standard InChI is InChI=1S/C12H15NO5/c1-3-9(12(14)15)4-8-5-10(13(16)17)7-11(6-8)18-2/h5-7,9H,3-4H2,1-2H3,(H,14,15). The number of nitro groups is 1. The first-order chi connectivity index (χ1) is 8.47. The molecule has 1 N–H and O–H groups in total. The smallest absolute Gasteiger partial charge is 0.306 e. The number of hydrogen-bond acceptors (Lipinski definition) is 4. The van der Waals surface area contributed by atoms with Crippen molar-refractivity contribution in [3.63, 3.8) is 0 Å². The quantitative estimate of drug-likeness (QED) is 0.620. The molecule has 0 fully saturated rings. The number of rotatable bonds is 6. The molecule has 1 aromatic rings. The van der Waals surface area contributed by atoms with Gasteiger partial charge in [0.15, 0.2) is 0 Å².